The van der Waals surface area contributed by atoms with Crippen LogP contribution in [0, 0.1) is 0 Å². The Kier molecular flexibility index (Phi) is 53.3. The topological polar surface area (TPSA) is 69.6 Å². The van der Waals surface area contributed by atoms with Gasteiger partial charge in [-0.15, -0.1) is 0 Å². The highest BCUT2D eigenvalue weighted by molar-refractivity contribution is 5.76. The number of unbranched alkanes of at least 4 members (excludes halogenated alkanes) is 29. The molecule has 0 aromatic carbocycles. The highest BCUT2D eigenvalue weighted by Gasteiger charge is 2.17. The van der Waals surface area contributed by atoms with Crippen LogP contribution in [0.4, 0.5) is 0 Å². The molecule has 0 saturated carbocycles. The molecule has 374 valence electrons. The van der Waals surface area contributed by atoms with E-state index in [-0.39, 0.29) is 12.5 Å². The van der Waals surface area contributed by atoms with Gasteiger partial charge >= 0.3 is 0 Å². The Morgan fingerprint density at radius 1 is 0.385 bits per heavy atom. The quantitative estimate of drug-likeness (QED) is 0.0421. The summed E-state index contributed by atoms with van der Waals surface area (Å²) in [6.45, 7) is 4.19. The molecular weight excluding hydrogens is 795 g/mol. The molecule has 0 rings (SSSR count). The summed E-state index contributed by atoms with van der Waals surface area (Å²) in [5, 5.41) is 23.1. The summed E-state index contributed by atoms with van der Waals surface area (Å²) in [5.41, 5.74) is 0. The minimum absolute atomic E-state index is 0.0914. The van der Waals surface area contributed by atoms with Crippen LogP contribution in [0.25, 0.3) is 0 Å². The fourth-order valence-corrected chi connectivity index (χ4v) is 8.06. The van der Waals surface area contributed by atoms with E-state index in [1.807, 2.05) is 6.08 Å². The standard InChI is InChI=1S/C61H107NO3/c1-3-5-7-9-11-13-15-17-19-21-23-25-27-28-29-30-31-32-33-35-36-38-40-42-44-46-48-50-52-54-56-60(64)59(58-63)62-61(65)57-55-53-51-49-47-45-43-41-39-37-34-26-24-22-20-18-16-14-12-10-8-6-4-2/h6,8,12,14,18,20,24,26,37-40,46,48,54,56,59-60,63-64H,3-5,7,9-11,13,15-17,19,21-23,25,27-36,41-45,47,49-53,55,57-58H2,1-2H3,(H,62,65)/b8-6-,14-12-,20-18-,26-24-,39-37-,40-38+,48-46+,56-54+. The first-order chi connectivity index (χ1) is 32.2. The van der Waals surface area contributed by atoms with E-state index in [2.05, 4.69) is 104 Å². The van der Waals surface area contributed by atoms with E-state index in [1.54, 1.807) is 6.08 Å². The molecule has 65 heavy (non-hydrogen) atoms. The van der Waals surface area contributed by atoms with Crippen molar-refractivity contribution in [1.29, 1.82) is 0 Å². The molecule has 0 aliphatic carbocycles. The number of aliphatic hydroxyl groups excluding tert-OH is 2. The summed E-state index contributed by atoms with van der Waals surface area (Å²) in [5.74, 6) is -0.0914. The lowest BCUT2D eigenvalue weighted by Crippen LogP contribution is -2.45. The normalized spacial score (nSPS) is 13.6. The van der Waals surface area contributed by atoms with Crippen LogP contribution in [0.15, 0.2) is 97.2 Å². The maximum absolute atomic E-state index is 12.5. The molecule has 1 amide bonds. The maximum atomic E-state index is 12.5. The highest BCUT2D eigenvalue weighted by atomic mass is 16.3. The van der Waals surface area contributed by atoms with Crippen LogP contribution in [-0.4, -0.2) is 34.9 Å². The second kappa shape index (κ2) is 55.6. The summed E-state index contributed by atoms with van der Waals surface area (Å²) in [6.07, 6.45) is 82.8. The van der Waals surface area contributed by atoms with Crippen molar-refractivity contribution in [2.75, 3.05) is 6.61 Å². The minimum Gasteiger partial charge on any atom is -0.394 e. The Bertz CT molecular complexity index is 1210. The Hall–Kier alpha value is -2.69. The van der Waals surface area contributed by atoms with Crippen molar-refractivity contribution >= 4 is 5.91 Å². The minimum atomic E-state index is -0.883. The molecule has 4 heteroatoms. The lowest BCUT2D eigenvalue weighted by atomic mass is 10.0. The number of allylic oxidation sites excluding steroid dienone is 15. The van der Waals surface area contributed by atoms with E-state index in [1.165, 1.54) is 161 Å². The van der Waals surface area contributed by atoms with Crippen molar-refractivity contribution in [3.05, 3.63) is 97.2 Å². The number of hydrogen-bond donors (Lipinski definition) is 3. The van der Waals surface area contributed by atoms with Crippen LogP contribution in [0.5, 0.6) is 0 Å². The van der Waals surface area contributed by atoms with E-state index in [0.29, 0.717) is 6.42 Å². The molecule has 0 aromatic rings. The third-order valence-electron chi connectivity index (χ3n) is 12.3. The number of amides is 1. The molecule has 0 aromatic heterocycles. The van der Waals surface area contributed by atoms with Crippen molar-refractivity contribution in [2.24, 2.45) is 0 Å². The average molecular weight is 903 g/mol. The Morgan fingerprint density at radius 3 is 1.08 bits per heavy atom. The first-order valence-electron chi connectivity index (χ1n) is 28.0. The van der Waals surface area contributed by atoms with E-state index in [0.717, 1.165) is 83.5 Å². The molecule has 0 aliphatic heterocycles. The Morgan fingerprint density at radius 2 is 0.692 bits per heavy atom. The second-order valence-corrected chi connectivity index (χ2v) is 18.6. The van der Waals surface area contributed by atoms with Crippen molar-refractivity contribution in [3.8, 4) is 0 Å². The number of carbonyl (C=O) groups excluding carboxylic acids is 1. The zero-order valence-corrected chi connectivity index (χ0v) is 43.0. The molecule has 0 aliphatic rings. The van der Waals surface area contributed by atoms with Crippen molar-refractivity contribution < 1.29 is 15.0 Å². The average Bonchev–Trinajstić information content (AvgIpc) is 3.31. The predicted octanol–water partition coefficient (Wildman–Crippen LogP) is 18.5. The second-order valence-electron chi connectivity index (χ2n) is 18.6. The molecule has 0 spiro atoms. The molecular formula is C61H107NO3. The van der Waals surface area contributed by atoms with Gasteiger partial charge in [0.15, 0.2) is 0 Å². The zero-order chi connectivity index (χ0) is 47.0. The van der Waals surface area contributed by atoms with Gasteiger partial charge in [0.25, 0.3) is 0 Å². The van der Waals surface area contributed by atoms with Gasteiger partial charge in [-0.3, -0.25) is 4.79 Å². The fourth-order valence-electron chi connectivity index (χ4n) is 8.06. The van der Waals surface area contributed by atoms with Crippen LogP contribution in [0.3, 0.4) is 0 Å². The number of nitrogens with one attached hydrogen (secondary N) is 1. The maximum Gasteiger partial charge on any atom is 0.220 e. The smallest absolute Gasteiger partial charge is 0.220 e. The molecule has 0 fully saturated rings. The number of carbonyl (C=O) groups is 1. The van der Waals surface area contributed by atoms with Crippen LogP contribution in [0.2, 0.25) is 0 Å². The van der Waals surface area contributed by atoms with Crippen molar-refractivity contribution in [2.45, 2.75) is 276 Å². The molecule has 4 nitrogen and oxygen atoms in total. The number of rotatable bonds is 50. The van der Waals surface area contributed by atoms with E-state index < -0.39 is 12.1 Å². The fraction of sp³-hybridized carbons (Fsp3) is 0.721. The summed E-state index contributed by atoms with van der Waals surface area (Å²) >= 11 is 0. The van der Waals surface area contributed by atoms with E-state index >= 15 is 0 Å². The van der Waals surface area contributed by atoms with Gasteiger partial charge < -0.3 is 15.5 Å². The SMILES string of the molecule is CC/C=C\C/C=C\C/C=C\C/C=C\C/C=C\CCCCCCCCCC(=O)NC(CO)C(O)/C=C/CC/C=C/CC/C=C/CCCCCCCCCCCCCCCCCCCCCC. The van der Waals surface area contributed by atoms with Crippen molar-refractivity contribution in [3.63, 3.8) is 0 Å². The molecule has 0 saturated heterocycles. The molecule has 0 bridgehead atoms. The monoisotopic (exact) mass is 902 g/mol. The van der Waals surface area contributed by atoms with E-state index in [4.69, 9.17) is 0 Å². The van der Waals surface area contributed by atoms with Gasteiger partial charge in [0.1, 0.15) is 0 Å². The molecule has 2 unspecified atom stereocenters. The van der Waals surface area contributed by atoms with Crippen LogP contribution >= 0.6 is 0 Å². The third kappa shape index (κ3) is 52.1. The van der Waals surface area contributed by atoms with Gasteiger partial charge in [-0.25, -0.2) is 0 Å². The van der Waals surface area contributed by atoms with E-state index in [9.17, 15) is 15.0 Å². The largest absolute Gasteiger partial charge is 0.394 e. The van der Waals surface area contributed by atoms with Crippen LogP contribution in [-0.2, 0) is 4.79 Å². The van der Waals surface area contributed by atoms with Gasteiger partial charge in [0, 0.05) is 6.42 Å². The molecule has 2 atom stereocenters. The molecule has 0 heterocycles. The van der Waals surface area contributed by atoms with Gasteiger partial charge in [-0.2, -0.15) is 0 Å². The highest BCUT2D eigenvalue weighted by Crippen LogP contribution is 2.16. The van der Waals surface area contributed by atoms with Crippen molar-refractivity contribution in [1.82, 2.24) is 5.32 Å². The van der Waals surface area contributed by atoms with Gasteiger partial charge in [-0.1, -0.05) is 265 Å². The molecule has 3 N–H and O–H groups in total. The van der Waals surface area contributed by atoms with Crippen LogP contribution in [0.1, 0.15) is 264 Å². The summed E-state index contributed by atoms with van der Waals surface area (Å²) in [4.78, 5) is 12.5. The summed E-state index contributed by atoms with van der Waals surface area (Å²) in [7, 11) is 0. The first kappa shape index (κ1) is 62.3. The zero-order valence-electron chi connectivity index (χ0n) is 43.0. The van der Waals surface area contributed by atoms with Gasteiger partial charge in [-0.05, 0) is 89.9 Å². The lowest BCUT2D eigenvalue weighted by molar-refractivity contribution is -0.123. The Labute approximate surface area is 404 Å². The van der Waals surface area contributed by atoms with Crippen LogP contribution < -0.4 is 5.32 Å². The third-order valence-corrected chi connectivity index (χ3v) is 12.3. The Balaban J connectivity index is 3.61. The lowest BCUT2D eigenvalue weighted by Gasteiger charge is -2.19. The number of hydrogen-bond acceptors (Lipinski definition) is 3. The first-order valence-corrected chi connectivity index (χ1v) is 28.0. The molecule has 0 radical (unpaired) electrons. The van der Waals surface area contributed by atoms with Gasteiger partial charge in [0.2, 0.25) is 5.91 Å². The van der Waals surface area contributed by atoms with Gasteiger partial charge in [0.05, 0.1) is 18.8 Å². The summed E-state index contributed by atoms with van der Waals surface area (Å²) in [6, 6.07) is -0.660. The predicted molar refractivity (Wildman–Crippen MR) is 290 cm³/mol. The summed E-state index contributed by atoms with van der Waals surface area (Å²) < 4.78 is 0. The number of aliphatic hydroxyl groups is 2.